The van der Waals surface area contributed by atoms with Crippen molar-refractivity contribution in [1.82, 2.24) is 0 Å². The second kappa shape index (κ2) is 11.3. The van der Waals surface area contributed by atoms with Gasteiger partial charge < -0.3 is 4.74 Å². The molecule has 194 valence electrons. The van der Waals surface area contributed by atoms with Crippen LogP contribution in [0, 0.1) is 17.5 Å². The fourth-order valence-electron chi connectivity index (χ4n) is 4.32. The lowest BCUT2D eigenvalue weighted by Gasteiger charge is -2.12. The van der Waals surface area contributed by atoms with Crippen molar-refractivity contribution < 1.29 is 31.1 Å². The zero-order valence-corrected chi connectivity index (χ0v) is 20.3. The van der Waals surface area contributed by atoms with Crippen LogP contribution in [0.5, 0.6) is 5.75 Å². The lowest BCUT2D eigenvalue weighted by Crippen LogP contribution is -2.12. The van der Waals surface area contributed by atoms with Crippen molar-refractivity contribution >= 4 is 10.8 Å². The zero-order valence-electron chi connectivity index (χ0n) is 20.3. The van der Waals surface area contributed by atoms with Gasteiger partial charge in [-0.25, -0.2) is 13.2 Å². The highest BCUT2D eigenvalue weighted by molar-refractivity contribution is 5.88. The van der Waals surface area contributed by atoms with Crippen molar-refractivity contribution in [2.24, 2.45) is 0 Å². The summed E-state index contributed by atoms with van der Waals surface area (Å²) in [5.41, 5.74) is 0.283. The molecule has 0 unspecified atom stereocenters. The van der Waals surface area contributed by atoms with Crippen LogP contribution in [-0.2, 0) is 19.0 Å². The van der Waals surface area contributed by atoms with E-state index < -0.39 is 29.2 Å². The summed E-state index contributed by atoms with van der Waals surface area (Å²) in [6.45, 7) is 2.81. The monoisotopic (exact) mass is 516 g/mol. The molecule has 0 bridgehead atoms. The summed E-state index contributed by atoms with van der Waals surface area (Å²) in [5, 5.41) is 1.08. The molecule has 0 atom stereocenters. The zero-order chi connectivity index (χ0) is 26.6. The van der Waals surface area contributed by atoms with Crippen LogP contribution in [0.25, 0.3) is 21.9 Å². The summed E-state index contributed by atoms with van der Waals surface area (Å²) in [6.07, 6.45) is -1.80. The molecule has 0 fully saturated rings. The lowest BCUT2D eigenvalue weighted by molar-refractivity contribution is -0.142. The number of halogens is 6. The van der Waals surface area contributed by atoms with Crippen molar-refractivity contribution in [3.05, 3.63) is 101 Å². The molecule has 0 aliphatic carbocycles. The van der Waals surface area contributed by atoms with Gasteiger partial charge in [0, 0.05) is 5.39 Å². The highest BCUT2D eigenvalue weighted by Crippen LogP contribution is 2.34. The van der Waals surface area contributed by atoms with Crippen molar-refractivity contribution in [2.45, 2.75) is 45.2 Å². The molecule has 0 aliphatic rings. The first-order chi connectivity index (χ1) is 17.7. The van der Waals surface area contributed by atoms with Gasteiger partial charge in [-0.3, -0.25) is 0 Å². The molecular formula is C30H26F6O. The molecule has 4 aromatic rings. The first-order valence-electron chi connectivity index (χ1n) is 12.2. The topological polar surface area (TPSA) is 9.23 Å². The summed E-state index contributed by atoms with van der Waals surface area (Å²) in [7, 11) is 0. The van der Waals surface area contributed by atoms with Gasteiger partial charge in [0.15, 0.2) is 0 Å². The second-order valence-corrected chi connectivity index (χ2v) is 8.99. The first kappa shape index (κ1) is 26.6. The Labute approximate surface area is 211 Å². The average molecular weight is 517 g/mol. The van der Waals surface area contributed by atoms with Crippen LogP contribution in [0.1, 0.15) is 42.9 Å². The SMILES string of the molecule is CCCCCOc1ccc(-c2ccc3c(F)c(CCc4cc(F)c(C(F)(F)F)c(F)c4)ccc3c2)cc1. The minimum Gasteiger partial charge on any atom is -0.494 e. The number of fused-ring (bicyclic) bond motifs is 1. The number of rotatable bonds is 9. The molecule has 0 N–H and O–H groups in total. The molecule has 0 aliphatic heterocycles. The highest BCUT2D eigenvalue weighted by Gasteiger charge is 2.37. The van der Waals surface area contributed by atoms with Crippen molar-refractivity contribution in [2.75, 3.05) is 6.61 Å². The first-order valence-corrected chi connectivity index (χ1v) is 12.2. The maximum absolute atomic E-state index is 15.2. The van der Waals surface area contributed by atoms with E-state index in [9.17, 15) is 22.0 Å². The summed E-state index contributed by atoms with van der Waals surface area (Å²) in [4.78, 5) is 0. The summed E-state index contributed by atoms with van der Waals surface area (Å²) >= 11 is 0. The number of hydrogen-bond acceptors (Lipinski definition) is 1. The smallest absolute Gasteiger partial charge is 0.422 e. The largest absolute Gasteiger partial charge is 0.494 e. The molecule has 1 nitrogen and oxygen atoms in total. The van der Waals surface area contributed by atoms with E-state index >= 15 is 4.39 Å². The molecule has 0 aromatic heterocycles. The van der Waals surface area contributed by atoms with E-state index in [0.29, 0.717) is 35.1 Å². The third-order valence-corrected chi connectivity index (χ3v) is 6.31. The third kappa shape index (κ3) is 6.27. The van der Waals surface area contributed by atoms with E-state index in [1.165, 1.54) is 0 Å². The van der Waals surface area contributed by atoms with Crippen molar-refractivity contribution in [1.29, 1.82) is 0 Å². The highest BCUT2D eigenvalue weighted by atomic mass is 19.4. The molecule has 0 heterocycles. The Morgan fingerprint density at radius 1 is 0.730 bits per heavy atom. The van der Waals surface area contributed by atoms with E-state index in [1.54, 1.807) is 18.2 Å². The molecule has 0 radical (unpaired) electrons. The van der Waals surface area contributed by atoms with E-state index in [1.807, 2.05) is 36.4 Å². The van der Waals surface area contributed by atoms with Gasteiger partial charge in [-0.1, -0.05) is 56.2 Å². The Hall–Kier alpha value is -3.48. The Morgan fingerprint density at radius 2 is 1.41 bits per heavy atom. The summed E-state index contributed by atoms with van der Waals surface area (Å²) in [5.74, 6) is -3.02. The van der Waals surface area contributed by atoms with Crippen LogP contribution in [0.15, 0.2) is 66.7 Å². The number of benzene rings is 4. The van der Waals surface area contributed by atoms with Crippen LogP contribution in [0.3, 0.4) is 0 Å². The van der Waals surface area contributed by atoms with Crippen molar-refractivity contribution in [3.63, 3.8) is 0 Å². The Balaban J connectivity index is 1.48. The summed E-state index contributed by atoms with van der Waals surface area (Å²) in [6, 6.07) is 17.7. The van der Waals surface area contributed by atoms with Crippen molar-refractivity contribution in [3.8, 4) is 16.9 Å². The Morgan fingerprint density at radius 3 is 2.05 bits per heavy atom. The number of unbranched alkanes of at least 4 members (excludes halogenated alkanes) is 2. The molecular weight excluding hydrogens is 490 g/mol. The quantitative estimate of drug-likeness (QED) is 0.159. The lowest BCUT2D eigenvalue weighted by atomic mass is 9.97. The molecule has 37 heavy (non-hydrogen) atoms. The minimum absolute atomic E-state index is 0.0145. The van der Waals surface area contributed by atoms with Crippen LogP contribution in [0.2, 0.25) is 0 Å². The van der Waals surface area contributed by atoms with E-state index in [4.69, 9.17) is 4.74 Å². The predicted molar refractivity (Wildman–Crippen MR) is 133 cm³/mol. The van der Waals surface area contributed by atoms with Gasteiger partial charge in [0.2, 0.25) is 0 Å². The van der Waals surface area contributed by atoms with Gasteiger partial charge in [0.1, 0.15) is 28.8 Å². The molecule has 4 aromatic carbocycles. The van der Waals surface area contributed by atoms with Gasteiger partial charge in [0.25, 0.3) is 0 Å². The molecule has 0 saturated heterocycles. The van der Waals surface area contributed by atoms with Crippen LogP contribution >= 0.6 is 0 Å². The van der Waals surface area contributed by atoms with Crippen LogP contribution < -0.4 is 4.74 Å². The molecule has 0 amide bonds. The van der Waals surface area contributed by atoms with E-state index in [-0.39, 0.29) is 18.4 Å². The molecule has 0 saturated carbocycles. The van der Waals surface area contributed by atoms with E-state index in [2.05, 4.69) is 6.92 Å². The van der Waals surface area contributed by atoms with Gasteiger partial charge >= 0.3 is 6.18 Å². The maximum Gasteiger partial charge on any atom is 0.422 e. The number of alkyl halides is 3. The maximum atomic E-state index is 15.2. The van der Waals surface area contributed by atoms with Crippen LogP contribution in [-0.4, -0.2) is 6.61 Å². The fourth-order valence-corrected chi connectivity index (χ4v) is 4.32. The summed E-state index contributed by atoms with van der Waals surface area (Å²) < 4.78 is 87.0. The molecule has 7 heteroatoms. The molecule has 4 rings (SSSR count). The van der Waals surface area contributed by atoms with Gasteiger partial charge in [0.05, 0.1) is 6.61 Å². The second-order valence-electron chi connectivity index (χ2n) is 8.99. The van der Waals surface area contributed by atoms with Gasteiger partial charge in [-0.15, -0.1) is 0 Å². The third-order valence-electron chi connectivity index (χ3n) is 6.31. The predicted octanol–water partition coefficient (Wildman–Crippen LogP) is 9.30. The minimum atomic E-state index is -5.12. The molecule has 0 spiro atoms. The van der Waals surface area contributed by atoms with Gasteiger partial charge in [-0.05, 0) is 77.2 Å². The van der Waals surface area contributed by atoms with Crippen LogP contribution in [0.4, 0.5) is 26.3 Å². The Kier molecular flexibility index (Phi) is 8.10. The number of ether oxygens (including phenoxy) is 1. The average Bonchev–Trinajstić information content (AvgIpc) is 2.85. The number of aryl methyl sites for hydroxylation is 2. The standard InChI is InChI=1S/C30H26F6O/c1-2-3-4-15-37-24-12-9-20(10-13-24)22-11-14-25-23(18-22)8-7-21(29(25)33)6-5-19-16-26(31)28(27(32)17-19)30(34,35)36/h7-14,16-18H,2-6,15H2,1H3. The number of hydrogen-bond donors (Lipinski definition) is 0. The fraction of sp³-hybridized carbons (Fsp3) is 0.267. The van der Waals surface area contributed by atoms with E-state index in [0.717, 1.165) is 36.1 Å². The van der Waals surface area contributed by atoms with Gasteiger partial charge in [-0.2, -0.15) is 13.2 Å². The normalized spacial score (nSPS) is 11.8. The Bertz CT molecular complexity index is 1350.